The van der Waals surface area contributed by atoms with Crippen molar-refractivity contribution < 1.29 is 4.79 Å². The molecule has 11 heavy (non-hydrogen) atoms. The van der Waals surface area contributed by atoms with Gasteiger partial charge in [0.1, 0.15) is 0 Å². The minimum absolute atomic E-state index is 0.0302. The Morgan fingerprint density at radius 1 is 1.73 bits per heavy atom. The van der Waals surface area contributed by atoms with Crippen molar-refractivity contribution in [2.24, 2.45) is 0 Å². The lowest BCUT2D eigenvalue weighted by atomic mass is 10.1. The van der Waals surface area contributed by atoms with Gasteiger partial charge in [0, 0.05) is 12.6 Å². The molecule has 64 valence electrons. The van der Waals surface area contributed by atoms with Crippen molar-refractivity contribution in [2.45, 2.75) is 18.9 Å². The topological polar surface area (TPSA) is 53.2 Å². The second-order valence-electron chi connectivity index (χ2n) is 2.78. The van der Waals surface area contributed by atoms with Crippen LogP contribution >= 0.6 is 0 Å². The Labute approximate surface area is 66.7 Å². The first kappa shape index (κ1) is 8.33. The van der Waals surface area contributed by atoms with E-state index >= 15 is 0 Å². The van der Waals surface area contributed by atoms with E-state index < -0.39 is 0 Å². The second kappa shape index (κ2) is 4.18. The van der Waals surface area contributed by atoms with Gasteiger partial charge in [-0.05, 0) is 26.4 Å². The number of rotatable bonds is 3. The number of carbonyl (C=O) groups excluding carboxylic acids is 1. The highest BCUT2D eigenvalue weighted by Gasteiger charge is 2.15. The Kier molecular flexibility index (Phi) is 3.16. The molecule has 2 amide bonds. The van der Waals surface area contributed by atoms with Crippen LogP contribution in [0.25, 0.3) is 0 Å². The molecule has 0 spiro atoms. The highest BCUT2D eigenvalue weighted by Crippen LogP contribution is 1.99. The smallest absolute Gasteiger partial charge is 0.315 e. The minimum atomic E-state index is -0.0302. The Morgan fingerprint density at radius 2 is 2.55 bits per heavy atom. The van der Waals surface area contributed by atoms with Gasteiger partial charge in [-0.15, -0.1) is 0 Å². The standard InChI is InChI=1S/C7H15N3O/c1-8-4-2-6-3-5-9-7(11)10-6/h6,8H,2-5H2,1H3,(H2,9,10,11). The molecule has 1 fully saturated rings. The number of hydrogen-bond donors (Lipinski definition) is 3. The molecule has 0 aromatic rings. The van der Waals surface area contributed by atoms with E-state index in [2.05, 4.69) is 16.0 Å². The predicted molar refractivity (Wildman–Crippen MR) is 43.5 cm³/mol. The zero-order chi connectivity index (χ0) is 8.10. The van der Waals surface area contributed by atoms with E-state index in [1.165, 1.54) is 0 Å². The predicted octanol–water partition coefficient (Wildman–Crippen LogP) is -0.333. The fourth-order valence-electron chi connectivity index (χ4n) is 1.20. The normalized spacial score (nSPS) is 24.1. The summed E-state index contributed by atoms with van der Waals surface area (Å²) in [5.74, 6) is 0. The largest absolute Gasteiger partial charge is 0.338 e. The van der Waals surface area contributed by atoms with E-state index in [0.717, 1.165) is 25.9 Å². The molecule has 1 unspecified atom stereocenters. The molecule has 4 heteroatoms. The molecule has 0 aromatic heterocycles. The van der Waals surface area contributed by atoms with E-state index in [0.29, 0.717) is 6.04 Å². The van der Waals surface area contributed by atoms with Gasteiger partial charge in [-0.1, -0.05) is 0 Å². The van der Waals surface area contributed by atoms with Gasteiger partial charge < -0.3 is 16.0 Å². The van der Waals surface area contributed by atoms with Gasteiger partial charge in [-0.3, -0.25) is 0 Å². The molecule has 1 atom stereocenters. The molecule has 0 aliphatic carbocycles. The molecule has 1 aliphatic heterocycles. The Balaban J connectivity index is 2.17. The van der Waals surface area contributed by atoms with Crippen molar-refractivity contribution >= 4 is 6.03 Å². The van der Waals surface area contributed by atoms with Crippen molar-refractivity contribution in [3.05, 3.63) is 0 Å². The molecular formula is C7H15N3O. The van der Waals surface area contributed by atoms with Crippen molar-refractivity contribution in [2.75, 3.05) is 20.1 Å². The zero-order valence-electron chi connectivity index (χ0n) is 6.81. The van der Waals surface area contributed by atoms with Crippen molar-refractivity contribution in [3.63, 3.8) is 0 Å². The third-order valence-electron chi connectivity index (χ3n) is 1.86. The average molecular weight is 157 g/mol. The molecule has 0 aromatic carbocycles. The summed E-state index contributed by atoms with van der Waals surface area (Å²) in [6.45, 7) is 1.77. The fraction of sp³-hybridized carbons (Fsp3) is 0.857. The third-order valence-corrected chi connectivity index (χ3v) is 1.86. The zero-order valence-corrected chi connectivity index (χ0v) is 6.81. The summed E-state index contributed by atoms with van der Waals surface area (Å²) in [6, 6.07) is 0.327. The molecule has 1 rings (SSSR count). The van der Waals surface area contributed by atoms with E-state index in [1.807, 2.05) is 7.05 Å². The molecule has 0 radical (unpaired) electrons. The van der Waals surface area contributed by atoms with E-state index in [4.69, 9.17) is 0 Å². The van der Waals surface area contributed by atoms with Gasteiger partial charge in [-0.25, -0.2) is 4.79 Å². The summed E-state index contributed by atoms with van der Waals surface area (Å²) in [5.41, 5.74) is 0. The highest BCUT2D eigenvalue weighted by molar-refractivity contribution is 5.74. The Hall–Kier alpha value is -0.770. The quantitative estimate of drug-likeness (QED) is 0.525. The lowest BCUT2D eigenvalue weighted by Gasteiger charge is -2.23. The van der Waals surface area contributed by atoms with Crippen molar-refractivity contribution in [1.29, 1.82) is 0 Å². The van der Waals surface area contributed by atoms with Gasteiger partial charge in [0.15, 0.2) is 0 Å². The van der Waals surface area contributed by atoms with Crippen molar-refractivity contribution in [3.8, 4) is 0 Å². The van der Waals surface area contributed by atoms with Gasteiger partial charge in [0.05, 0.1) is 0 Å². The minimum Gasteiger partial charge on any atom is -0.338 e. The summed E-state index contributed by atoms with van der Waals surface area (Å²) >= 11 is 0. The van der Waals surface area contributed by atoms with Crippen LogP contribution in [-0.4, -0.2) is 32.2 Å². The van der Waals surface area contributed by atoms with E-state index in [1.54, 1.807) is 0 Å². The van der Waals surface area contributed by atoms with E-state index in [9.17, 15) is 4.79 Å². The van der Waals surface area contributed by atoms with Gasteiger partial charge in [0.2, 0.25) is 0 Å². The maximum absolute atomic E-state index is 10.8. The highest BCUT2D eigenvalue weighted by atomic mass is 16.2. The van der Waals surface area contributed by atoms with Gasteiger partial charge in [-0.2, -0.15) is 0 Å². The number of urea groups is 1. The summed E-state index contributed by atoms with van der Waals surface area (Å²) in [5, 5.41) is 8.64. The second-order valence-corrected chi connectivity index (χ2v) is 2.78. The number of amides is 2. The van der Waals surface area contributed by atoms with Crippen LogP contribution in [-0.2, 0) is 0 Å². The molecule has 0 saturated carbocycles. The molecule has 0 bridgehead atoms. The van der Waals surface area contributed by atoms with Crippen LogP contribution in [0, 0.1) is 0 Å². The molecule has 4 nitrogen and oxygen atoms in total. The van der Waals surface area contributed by atoms with Gasteiger partial charge >= 0.3 is 6.03 Å². The van der Waals surface area contributed by atoms with Crippen LogP contribution < -0.4 is 16.0 Å². The molecule has 1 aliphatic rings. The van der Waals surface area contributed by atoms with Crippen LogP contribution in [0.1, 0.15) is 12.8 Å². The lowest BCUT2D eigenvalue weighted by Crippen LogP contribution is -2.49. The van der Waals surface area contributed by atoms with Crippen LogP contribution in [0.5, 0.6) is 0 Å². The molecule has 1 heterocycles. The summed E-state index contributed by atoms with van der Waals surface area (Å²) < 4.78 is 0. The SMILES string of the molecule is CNCCC1CCNC(=O)N1. The first-order valence-corrected chi connectivity index (χ1v) is 4.02. The first-order valence-electron chi connectivity index (χ1n) is 4.02. The Bertz CT molecular complexity index is 138. The summed E-state index contributed by atoms with van der Waals surface area (Å²) in [6.07, 6.45) is 2.05. The third kappa shape index (κ3) is 2.76. The summed E-state index contributed by atoms with van der Waals surface area (Å²) in [7, 11) is 1.92. The van der Waals surface area contributed by atoms with Crippen LogP contribution in [0.15, 0.2) is 0 Å². The number of hydrogen-bond acceptors (Lipinski definition) is 2. The van der Waals surface area contributed by atoms with Crippen LogP contribution in [0.3, 0.4) is 0 Å². The van der Waals surface area contributed by atoms with Gasteiger partial charge in [0.25, 0.3) is 0 Å². The van der Waals surface area contributed by atoms with E-state index in [-0.39, 0.29) is 6.03 Å². The maximum atomic E-state index is 10.8. The summed E-state index contributed by atoms with van der Waals surface area (Å²) in [4.78, 5) is 10.8. The first-order chi connectivity index (χ1) is 5.33. The number of carbonyl (C=O) groups is 1. The lowest BCUT2D eigenvalue weighted by molar-refractivity contribution is 0.227. The number of nitrogens with one attached hydrogen (secondary N) is 3. The Morgan fingerprint density at radius 3 is 3.18 bits per heavy atom. The van der Waals surface area contributed by atoms with Crippen molar-refractivity contribution in [1.82, 2.24) is 16.0 Å². The maximum Gasteiger partial charge on any atom is 0.315 e. The molecule has 3 N–H and O–H groups in total. The average Bonchev–Trinajstić information content (AvgIpc) is 2.01. The fourth-order valence-corrected chi connectivity index (χ4v) is 1.20. The van der Waals surface area contributed by atoms with Crippen LogP contribution in [0.4, 0.5) is 4.79 Å². The van der Waals surface area contributed by atoms with Crippen LogP contribution in [0.2, 0.25) is 0 Å². The molecular weight excluding hydrogens is 142 g/mol. The molecule has 1 saturated heterocycles. The monoisotopic (exact) mass is 157 g/mol.